The smallest absolute Gasteiger partial charge is 0.302 e. The highest BCUT2D eigenvalue weighted by Gasteiger charge is 2.75. The number of carbonyl (C=O) groups excluding carboxylic acids is 1. The van der Waals surface area contributed by atoms with Gasteiger partial charge in [0.1, 0.15) is 11.7 Å². The van der Waals surface area contributed by atoms with Gasteiger partial charge in [-0.1, -0.05) is 35.0 Å². The lowest BCUT2D eigenvalue weighted by molar-refractivity contribution is -0.160. The van der Waals surface area contributed by atoms with E-state index in [4.69, 9.17) is 21.1 Å². The third kappa shape index (κ3) is 2.13. The predicted octanol–water partition coefficient (Wildman–Crippen LogP) is 4.21. The van der Waals surface area contributed by atoms with E-state index in [1.54, 1.807) is 0 Å². The predicted molar refractivity (Wildman–Crippen MR) is 90.4 cm³/mol. The maximum Gasteiger partial charge on any atom is 0.302 e. The lowest BCUT2D eigenvalue weighted by Crippen LogP contribution is -2.61. The van der Waals surface area contributed by atoms with Crippen LogP contribution in [0.5, 0.6) is 0 Å². The topological polar surface area (TPSA) is 38.8 Å². The third-order valence-electron chi connectivity index (χ3n) is 6.16. The molecule has 0 aromatic rings. The summed E-state index contributed by atoms with van der Waals surface area (Å²) >= 11 is 10.4. The Kier molecular flexibility index (Phi) is 3.79. The summed E-state index contributed by atoms with van der Waals surface area (Å²) in [6.07, 6.45) is 2.31. The molecule has 0 N–H and O–H groups in total. The monoisotopic (exact) mass is 390 g/mol. The maximum atomic E-state index is 11.7. The number of ether oxygens (including phenoxy) is 2. The SMILES string of the molecule is C=C1C(C)CC2OC2(C)C12CC(Br)C(C)(Cl)CC2OC(C)=O. The average molecular weight is 392 g/mol. The molecule has 2 saturated carbocycles. The van der Waals surface area contributed by atoms with E-state index in [9.17, 15) is 4.79 Å². The summed E-state index contributed by atoms with van der Waals surface area (Å²) in [5.41, 5.74) is 0.492. The Morgan fingerprint density at radius 1 is 1.45 bits per heavy atom. The summed E-state index contributed by atoms with van der Waals surface area (Å²) in [5.74, 6) is 0.0923. The molecule has 1 aliphatic heterocycles. The van der Waals surface area contributed by atoms with E-state index in [0.29, 0.717) is 12.3 Å². The Bertz CT molecular complexity index is 534. The molecule has 1 spiro atoms. The van der Waals surface area contributed by atoms with Crippen molar-refractivity contribution in [3.8, 4) is 0 Å². The van der Waals surface area contributed by atoms with Gasteiger partial charge in [0.15, 0.2) is 0 Å². The zero-order chi connectivity index (χ0) is 16.5. The summed E-state index contributed by atoms with van der Waals surface area (Å²) < 4.78 is 11.9. The van der Waals surface area contributed by atoms with Gasteiger partial charge in [0.2, 0.25) is 0 Å². The Labute approximate surface area is 145 Å². The number of fused-ring (bicyclic) bond motifs is 2. The second-order valence-corrected chi connectivity index (χ2v) is 9.57. The fraction of sp³-hybridized carbons (Fsp3) is 0.824. The molecule has 5 heteroatoms. The molecule has 2 aliphatic carbocycles. The Hall–Kier alpha value is -0.0600. The summed E-state index contributed by atoms with van der Waals surface area (Å²) in [6.45, 7) is 12.2. The standard InChI is InChI=1S/C17H24BrClO3/c1-9-6-13-16(5,22-13)17(10(9)2)7-12(18)15(4,19)8-14(17)21-11(3)20/h9,12-14H,2,6-8H2,1,3-5H3. The van der Waals surface area contributed by atoms with Gasteiger partial charge >= 0.3 is 5.97 Å². The van der Waals surface area contributed by atoms with E-state index >= 15 is 0 Å². The quantitative estimate of drug-likeness (QED) is 0.291. The van der Waals surface area contributed by atoms with Crippen molar-refractivity contribution in [1.82, 2.24) is 0 Å². The highest BCUT2D eigenvalue weighted by atomic mass is 79.9. The number of hydrogen-bond acceptors (Lipinski definition) is 3. The summed E-state index contributed by atoms with van der Waals surface area (Å²) in [7, 11) is 0. The van der Waals surface area contributed by atoms with Crippen molar-refractivity contribution < 1.29 is 14.3 Å². The van der Waals surface area contributed by atoms with Crippen LogP contribution in [0.4, 0.5) is 0 Å². The second-order valence-electron chi connectivity index (χ2n) is 7.60. The van der Waals surface area contributed by atoms with Crippen LogP contribution in [0.15, 0.2) is 12.2 Å². The first-order chi connectivity index (χ1) is 10.0. The first kappa shape index (κ1) is 16.8. The van der Waals surface area contributed by atoms with Crippen LogP contribution < -0.4 is 0 Å². The van der Waals surface area contributed by atoms with Gasteiger partial charge in [-0.25, -0.2) is 0 Å². The van der Waals surface area contributed by atoms with Crippen molar-refractivity contribution in [2.75, 3.05) is 0 Å². The normalized spacial score (nSPS) is 54.0. The molecule has 0 radical (unpaired) electrons. The third-order valence-corrected chi connectivity index (χ3v) is 8.18. The van der Waals surface area contributed by atoms with Crippen LogP contribution in [0.25, 0.3) is 0 Å². The summed E-state index contributed by atoms with van der Waals surface area (Å²) in [5, 5.41) is 0. The molecule has 1 saturated heterocycles. The molecule has 124 valence electrons. The van der Waals surface area contributed by atoms with E-state index in [2.05, 4.69) is 36.4 Å². The molecule has 7 unspecified atom stereocenters. The molecule has 3 nitrogen and oxygen atoms in total. The highest BCUT2D eigenvalue weighted by molar-refractivity contribution is 9.09. The lowest BCUT2D eigenvalue weighted by Gasteiger charge is -2.55. The van der Waals surface area contributed by atoms with Crippen molar-refractivity contribution >= 4 is 33.5 Å². The van der Waals surface area contributed by atoms with Gasteiger partial charge in [0.05, 0.1) is 16.4 Å². The summed E-state index contributed by atoms with van der Waals surface area (Å²) in [6, 6.07) is 0. The van der Waals surface area contributed by atoms with E-state index < -0.39 is 4.87 Å². The fourth-order valence-electron chi connectivity index (χ4n) is 4.64. The minimum atomic E-state index is -0.451. The van der Waals surface area contributed by atoms with Gasteiger partial charge in [-0.2, -0.15) is 0 Å². The van der Waals surface area contributed by atoms with Crippen molar-refractivity contribution in [2.45, 2.75) is 74.5 Å². The molecule has 0 bridgehead atoms. The first-order valence-corrected chi connectivity index (χ1v) is 9.21. The lowest BCUT2D eigenvalue weighted by atomic mass is 9.52. The van der Waals surface area contributed by atoms with Gasteiger partial charge < -0.3 is 9.47 Å². The molecule has 3 fully saturated rings. The summed E-state index contributed by atoms with van der Waals surface area (Å²) in [4.78, 5) is 11.4. The zero-order valence-electron chi connectivity index (χ0n) is 13.6. The van der Waals surface area contributed by atoms with E-state index in [1.165, 1.54) is 6.92 Å². The zero-order valence-corrected chi connectivity index (χ0v) is 16.0. The Morgan fingerprint density at radius 3 is 2.68 bits per heavy atom. The number of esters is 1. The number of carbonyl (C=O) groups is 1. The van der Waals surface area contributed by atoms with Gasteiger partial charge in [-0.05, 0) is 32.6 Å². The molecular formula is C17H24BrClO3. The number of halogens is 2. The van der Waals surface area contributed by atoms with Crippen molar-refractivity contribution in [1.29, 1.82) is 0 Å². The van der Waals surface area contributed by atoms with Gasteiger partial charge in [-0.15, -0.1) is 11.6 Å². The molecule has 3 aliphatic rings. The minimum absolute atomic E-state index is 0.122. The molecule has 22 heavy (non-hydrogen) atoms. The van der Waals surface area contributed by atoms with Crippen molar-refractivity contribution in [2.24, 2.45) is 11.3 Å². The number of alkyl halides is 2. The van der Waals surface area contributed by atoms with Crippen molar-refractivity contribution in [3.63, 3.8) is 0 Å². The van der Waals surface area contributed by atoms with Crippen molar-refractivity contribution in [3.05, 3.63) is 12.2 Å². The number of hydrogen-bond donors (Lipinski definition) is 0. The van der Waals surface area contributed by atoms with E-state index in [-0.39, 0.29) is 34.0 Å². The Balaban J connectivity index is 2.07. The van der Waals surface area contributed by atoms with Crippen LogP contribution >= 0.6 is 27.5 Å². The van der Waals surface area contributed by atoms with Crippen LogP contribution in [-0.2, 0) is 14.3 Å². The largest absolute Gasteiger partial charge is 0.461 e. The molecule has 1 heterocycles. The van der Waals surface area contributed by atoms with Crippen LogP contribution in [-0.4, -0.2) is 33.5 Å². The van der Waals surface area contributed by atoms with Gasteiger partial charge in [0.25, 0.3) is 0 Å². The van der Waals surface area contributed by atoms with Crippen LogP contribution in [0.1, 0.15) is 47.0 Å². The molecule has 0 amide bonds. The second kappa shape index (κ2) is 4.97. The molecule has 3 rings (SSSR count). The van der Waals surface area contributed by atoms with Gasteiger partial charge in [0, 0.05) is 18.2 Å². The van der Waals surface area contributed by atoms with Crippen LogP contribution in [0, 0.1) is 11.3 Å². The molecular weight excluding hydrogens is 368 g/mol. The minimum Gasteiger partial charge on any atom is -0.461 e. The molecule has 0 aromatic carbocycles. The Morgan fingerprint density at radius 2 is 2.09 bits per heavy atom. The maximum absolute atomic E-state index is 11.7. The van der Waals surface area contributed by atoms with Crippen LogP contribution in [0.3, 0.4) is 0 Å². The van der Waals surface area contributed by atoms with Crippen LogP contribution in [0.2, 0.25) is 0 Å². The highest BCUT2D eigenvalue weighted by Crippen LogP contribution is 2.68. The fourth-order valence-corrected chi connectivity index (χ4v) is 5.56. The molecule has 0 aromatic heterocycles. The number of rotatable bonds is 1. The van der Waals surface area contributed by atoms with Gasteiger partial charge in [-0.3, -0.25) is 4.79 Å². The van der Waals surface area contributed by atoms with E-state index in [0.717, 1.165) is 18.4 Å². The number of epoxide rings is 1. The average Bonchev–Trinajstić information content (AvgIpc) is 3.03. The van der Waals surface area contributed by atoms with E-state index in [1.807, 2.05) is 6.92 Å². The first-order valence-electron chi connectivity index (χ1n) is 7.92. The molecule has 7 atom stereocenters.